The molecule has 2 N–H and O–H groups in total. The molecule has 82 valence electrons. The van der Waals surface area contributed by atoms with E-state index in [1.165, 1.54) is 14.2 Å². The number of carbonyl (C=O) groups excluding carboxylic acids is 2. The second kappa shape index (κ2) is 6.01. The summed E-state index contributed by atoms with van der Waals surface area (Å²) >= 11 is 0.354. The van der Waals surface area contributed by atoms with Gasteiger partial charge in [0.2, 0.25) is 0 Å². The number of methoxy groups -OCH3 is 2. The summed E-state index contributed by atoms with van der Waals surface area (Å²) in [5.74, 6) is 0.518. The first-order valence-corrected chi connectivity index (χ1v) is 6.90. The molecule has 0 aliphatic rings. The zero-order valence-electron chi connectivity index (χ0n) is 8.53. The number of hydrogen-bond acceptors (Lipinski definition) is 5. The van der Waals surface area contributed by atoms with Crippen LogP contribution in [0.1, 0.15) is 6.42 Å². The van der Waals surface area contributed by atoms with Gasteiger partial charge in [0, 0.05) is 0 Å². The molecule has 0 saturated carbocycles. The van der Waals surface area contributed by atoms with E-state index >= 15 is 0 Å². The fourth-order valence-corrected chi connectivity index (χ4v) is 2.02. The zero-order chi connectivity index (χ0) is 11.2. The van der Waals surface area contributed by atoms with Crippen molar-refractivity contribution in [2.24, 2.45) is 5.73 Å². The van der Waals surface area contributed by atoms with Crippen LogP contribution < -0.4 is 5.73 Å². The van der Waals surface area contributed by atoms with Crippen molar-refractivity contribution in [3.63, 3.8) is 0 Å². The molecule has 0 aliphatic carbocycles. The molecule has 0 radical (unpaired) electrons. The van der Waals surface area contributed by atoms with E-state index in [1.807, 2.05) is 5.82 Å². The van der Waals surface area contributed by atoms with Crippen molar-refractivity contribution in [1.29, 1.82) is 0 Å². The van der Waals surface area contributed by atoms with Crippen molar-refractivity contribution in [3.05, 3.63) is 0 Å². The Balaban J connectivity index is 4.65. The quantitative estimate of drug-likeness (QED) is 0.416. The average molecular weight is 268 g/mol. The zero-order valence-corrected chi connectivity index (χ0v) is 10.2. The molecule has 0 saturated heterocycles. The minimum atomic E-state index is -1.64. The van der Waals surface area contributed by atoms with Gasteiger partial charge in [-0.15, -0.1) is 0 Å². The van der Waals surface area contributed by atoms with Gasteiger partial charge in [0.15, 0.2) is 0 Å². The molecule has 0 spiro atoms. The van der Waals surface area contributed by atoms with Crippen LogP contribution in [0, 0.1) is 0 Å². The third kappa shape index (κ3) is 2.97. The molecule has 0 aromatic heterocycles. The van der Waals surface area contributed by atoms with Gasteiger partial charge in [0.25, 0.3) is 0 Å². The molecule has 0 aliphatic heterocycles. The molecule has 0 fully saturated rings. The third-order valence-electron chi connectivity index (χ3n) is 1.80. The predicted molar refractivity (Wildman–Crippen MR) is 52.0 cm³/mol. The Morgan fingerprint density at radius 1 is 1.29 bits per heavy atom. The monoisotopic (exact) mass is 269 g/mol. The van der Waals surface area contributed by atoms with Crippen molar-refractivity contribution in [1.82, 2.24) is 0 Å². The van der Waals surface area contributed by atoms with Crippen LogP contribution >= 0.6 is 0 Å². The van der Waals surface area contributed by atoms with Gasteiger partial charge in [0.05, 0.1) is 0 Å². The van der Waals surface area contributed by atoms with Crippen LogP contribution in [0.15, 0.2) is 0 Å². The van der Waals surface area contributed by atoms with E-state index in [9.17, 15) is 9.59 Å². The summed E-state index contributed by atoms with van der Waals surface area (Å²) < 4.78 is 8.96. The molecule has 0 unspecified atom stereocenters. The van der Waals surface area contributed by atoms with Gasteiger partial charge in [-0.25, -0.2) is 0 Å². The molecule has 0 rings (SSSR count). The van der Waals surface area contributed by atoms with Crippen LogP contribution in [0.4, 0.5) is 0 Å². The van der Waals surface area contributed by atoms with E-state index in [0.717, 1.165) is 5.32 Å². The Bertz CT molecular complexity index is 203. The van der Waals surface area contributed by atoms with Crippen molar-refractivity contribution in [3.8, 4) is 0 Å². The van der Waals surface area contributed by atoms with E-state index in [-0.39, 0.29) is 6.42 Å². The number of carbonyl (C=O) groups is 2. The van der Waals surface area contributed by atoms with E-state index in [1.54, 1.807) is 0 Å². The van der Waals surface area contributed by atoms with E-state index in [0.29, 0.717) is 15.0 Å². The standard InChI is InChI=1S/C8H15NO4Se/c1-12-6(10)8(9,4-5-14-3)7(11)13-2/h4-5,9H2,1-3H3. The van der Waals surface area contributed by atoms with Crippen LogP contribution in [-0.4, -0.2) is 46.7 Å². The second-order valence-electron chi connectivity index (χ2n) is 2.70. The molecule has 0 aromatic rings. The first-order valence-electron chi connectivity index (χ1n) is 3.97. The molecule has 0 aromatic carbocycles. The van der Waals surface area contributed by atoms with Gasteiger partial charge in [-0.05, 0) is 0 Å². The summed E-state index contributed by atoms with van der Waals surface area (Å²) in [4.78, 5) is 22.6. The maximum absolute atomic E-state index is 11.3. The normalized spacial score (nSPS) is 10.9. The first kappa shape index (κ1) is 13.4. The Hall–Kier alpha value is -0.581. The van der Waals surface area contributed by atoms with Crippen LogP contribution in [-0.2, 0) is 19.1 Å². The van der Waals surface area contributed by atoms with Gasteiger partial charge in [0.1, 0.15) is 0 Å². The Kier molecular flexibility index (Phi) is 5.76. The molecule has 14 heavy (non-hydrogen) atoms. The van der Waals surface area contributed by atoms with Crippen LogP contribution in [0.2, 0.25) is 11.1 Å². The number of hydrogen-bond donors (Lipinski definition) is 1. The summed E-state index contributed by atoms with van der Waals surface area (Å²) in [6, 6.07) is 0. The predicted octanol–water partition coefficient (Wildman–Crippen LogP) is -0.409. The second-order valence-corrected chi connectivity index (χ2v) is 4.77. The molecule has 5 nitrogen and oxygen atoms in total. The maximum atomic E-state index is 11.3. The topological polar surface area (TPSA) is 78.6 Å². The van der Waals surface area contributed by atoms with E-state index in [2.05, 4.69) is 9.47 Å². The Morgan fingerprint density at radius 2 is 1.71 bits per heavy atom. The van der Waals surface area contributed by atoms with E-state index < -0.39 is 17.5 Å². The van der Waals surface area contributed by atoms with E-state index in [4.69, 9.17) is 5.73 Å². The van der Waals surface area contributed by atoms with Crippen LogP contribution in [0.5, 0.6) is 0 Å². The average Bonchev–Trinajstić information content (AvgIpc) is 2.23. The summed E-state index contributed by atoms with van der Waals surface area (Å²) in [5, 5.41) is 0.730. The number of ether oxygens (including phenoxy) is 2. The molecular formula is C8H15NO4Se. The number of nitrogens with two attached hydrogens (primary N) is 1. The Labute approximate surface area is 89.5 Å². The van der Waals surface area contributed by atoms with Crippen molar-refractivity contribution < 1.29 is 19.1 Å². The van der Waals surface area contributed by atoms with Crippen molar-refractivity contribution >= 4 is 26.9 Å². The van der Waals surface area contributed by atoms with Crippen LogP contribution in [0.25, 0.3) is 0 Å². The van der Waals surface area contributed by atoms with Gasteiger partial charge < -0.3 is 0 Å². The fraction of sp³-hybridized carbons (Fsp3) is 0.750. The molecule has 0 amide bonds. The molecule has 0 heterocycles. The van der Waals surface area contributed by atoms with Crippen LogP contribution in [0.3, 0.4) is 0 Å². The molecule has 0 bridgehead atoms. The molecular weight excluding hydrogens is 253 g/mol. The minimum absolute atomic E-state index is 0.267. The van der Waals surface area contributed by atoms with Gasteiger partial charge in [-0.1, -0.05) is 0 Å². The molecule has 0 atom stereocenters. The third-order valence-corrected chi connectivity index (χ3v) is 3.08. The summed E-state index contributed by atoms with van der Waals surface area (Å²) in [6.45, 7) is 0. The van der Waals surface area contributed by atoms with Gasteiger partial charge in [-0.2, -0.15) is 0 Å². The van der Waals surface area contributed by atoms with Crippen molar-refractivity contribution in [2.45, 2.75) is 23.1 Å². The van der Waals surface area contributed by atoms with Gasteiger partial charge in [-0.3, -0.25) is 0 Å². The number of esters is 2. The number of rotatable bonds is 5. The summed E-state index contributed by atoms with van der Waals surface area (Å²) in [5.41, 5.74) is 4.02. The first-order chi connectivity index (χ1) is 6.52. The van der Waals surface area contributed by atoms with Gasteiger partial charge >= 0.3 is 89.0 Å². The fourth-order valence-electron chi connectivity index (χ4n) is 0.915. The SMILES string of the molecule is COC(=O)C(N)(CC[Se]C)C(=O)OC. The molecule has 6 heteroatoms. The summed E-state index contributed by atoms with van der Waals surface area (Å²) in [6.07, 6.45) is 0.267. The summed E-state index contributed by atoms with van der Waals surface area (Å²) in [7, 11) is 2.40. The Morgan fingerprint density at radius 3 is 2.00 bits per heavy atom. The van der Waals surface area contributed by atoms with Crippen molar-refractivity contribution in [2.75, 3.05) is 14.2 Å².